The Morgan fingerprint density at radius 1 is 1.11 bits per heavy atom. The molecule has 4 amide bonds. The summed E-state index contributed by atoms with van der Waals surface area (Å²) in [4.78, 5) is 63.9. The Morgan fingerprint density at radius 2 is 1.85 bits per heavy atom. The Balaban J connectivity index is 1.30. The summed E-state index contributed by atoms with van der Waals surface area (Å²) in [5.74, 6) is -2.17. The average molecular weight is 669 g/mol. The molecular weight excluding hydrogens is 628 g/mol. The monoisotopic (exact) mass is 668 g/mol. The number of nitrogens with one attached hydrogen (secondary N) is 3. The molecule has 2 aliphatic heterocycles. The van der Waals surface area contributed by atoms with Crippen molar-refractivity contribution < 1.29 is 37.4 Å². The molecule has 0 unspecified atom stereocenters. The number of hydrogen-bond donors (Lipinski definition) is 4. The third-order valence-corrected chi connectivity index (χ3v) is 11.2. The van der Waals surface area contributed by atoms with Gasteiger partial charge in [0.25, 0.3) is 5.91 Å². The highest BCUT2D eigenvalue weighted by Gasteiger charge is 2.62. The van der Waals surface area contributed by atoms with E-state index in [1.807, 2.05) is 37.3 Å². The Kier molecular flexibility index (Phi) is 9.09. The molecule has 2 aromatic rings. The number of ether oxygens (including phenoxy) is 1. The molecule has 1 aromatic carbocycles. The van der Waals surface area contributed by atoms with Gasteiger partial charge in [0, 0.05) is 12.3 Å². The molecule has 47 heavy (non-hydrogen) atoms. The summed E-state index contributed by atoms with van der Waals surface area (Å²) < 4.78 is 33.9. The second-order valence-corrected chi connectivity index (χ2v) is 14.8. The lowest BCUT2D eigenvalue weighted by Gasteiger charge is -2.29. The molecule has 4 aliphatic rings. The number of carbonyl (C=O) groups excluding carboxylic acids is 3. The Hall–Kier alpha value is -4.27. The number of allylic oxidation sites excluding steroid dienone is 1. The van der Waals surface area contributed by atoms with Gasteiger partial charge in [-0.3, -0.25) is 19.1 Å². The SMILES string of the molecule is CCc1nc2ccccc2nc1O[C@@H]1C[C@H]2C(=O)N[C@]3(C(=O)NS(=O)(=O)C4CC4)C[C@H]3/C=C\CCCCC[C@H](NC(=O)O)C(=O)N2C1. The number of nitrogens with zero attached hydrogens (tertiary/aromatic N) is 3. The number of amides is 4. The van der Waals surface area contributed by atoms with Crippen LogP contribution in [0.2, 0.25) is 0 Å². The third kappa shape index (κ3) is 7.04. The number of hydrogen-bond acceptors (Lipinski definition) is 9. The second-order valence-electron chi connectivity index (χ2n) is 12.8. The molecule has 5 atom stereocenters. The fourth-order valence-electron chi connectivity index (χ4n) is 6.50. The first-order chi connectivity index (χ1) is 22.5. The maximum absolute atomic E-state index is 14.1. The van der Waals surface area contributed by atoms with Crippen LogP contribution in [-0.4, -0.2) is 87.7 Å². The van der Waals surface area contributed by atoms with Gasteiger partial charge in [-0.1, -0.05) is 44.1 Å². The number of aromatic nitrogens is 2. The summed E-state index contributed by atoms with van der Waals surface area (Å²) in [7, 11) is -3.88. The maximum Gasteiger partial charge on any atom is 0.405 e. The molecule has 2 saturated carbocycles. The first-order valence-electron chi connectivity index (χ1n) is 16.3. The Labute approximate surface area is 272 Å². The molecule has 3 fully saturated rings. The Morgan fingerprint density at radius 3 is 2.55 bits per heavy atom. The summed E-state index contributed by atoms with van der Waals surface area (Å²) in [6.45, 7) is 1.88. The molecule has 14 nitrogen and oxygen atoms in total. The van der Waals surface area contributed by atoms with Gasteiger partial charge in [-0.2, -0.15) is 0 Å². The first-order valence-corrected chi connectivity index (χ1v) is 17.8. The highest BCUT2D eigenvalue weighted by molar-refractivity contribution is 7.91. The minimum Gasteiger partial charge on any atom is -0.471 e. The number of sulfonamides is 1. The van der Waals surface area contributed by atoms with Gasteiger partial charge in [0.2, 0.25) is 27.7 Å². The van der Waals surface area contributed by atoms with E-state index < -0.39 is 68.7 Å². The molecule has 1 aromatic heterocycles. The fraction of sp³-hybridized carbons (Fsp3) is 0.562. The van der Waals surface area contributed by atoms with Crippen molar-refractivity contribution in [3.63, 3.8) is 0 Å². The van der Waals surface area contributed by atoms with Gasteiger partial charge in [0.1, 0.15) is 29.4 Å². The van der Waals surface area contributed by atoms with E-state index in [0.29, 0.717) is 48.8 Å². The average Bonchev–Trinajstić information content (AvgIpc) is 3.96. The largest absolute Gasteiger partial charge is 0.471 e. The van der Waals surface area contributed by atoms with Gasteiger partial charge in [-0.15, -0.1) is 0 Å². The lowest BCUT2D eigenvalue weighted by molar-refractivity contribution is -0.141. The topological polar surface area (TPSA) is 197 Å². The van der Waals surface area contributed by atoms with E-state index in [9.17, 15) is 32.7 Å². The summed E-state index contributed by atoms with van der Waals surface area (Å²) in [6.07, 6.45) is 6.42. The molecule has 0 bridgehead atoms. The number of benzene rings is 1. The van der Waals surface area contributed by atoms with Crippen LogP contribution < -0.4 is 20.1 Å². The fourth-order valence-corrected chi connectivity index (χ4v) is 7.86. The van der Waals surface area contributed by atoms with E-state index in [1.165, 1.54) is 4.90 Å². The van der Waals surface area contributed by atoms with Crippen molar-refractivity contribution >= 4 is 44.9 Å². The van der Waals surface area contributed by atoms with Crippen LogP contribution in [0.4, 0.5) is 4.79 Å². The van der Waals surface area contributed by atoms with E-state index in [-0.39, 0.29) is 31.7 Å². The van der Waals surface area contributed by atoms with Crippen LogP contribution in [-0.2, 0) is 30.8 Å². The number of rotatable bonds is 7. The zero-order valence-corrected chi connectivity index (χ0v) is 27.0. The van der Waals surface area contributed by atoms with Crippen molar-refractivity contribution in [2.45, 2.75) is 100 Å². The highest BCUT2D eigenvalue weighted by Crippen LogP contribution is 2.46. The van der Waals surface area contributed by atoms with Crippen LogP contribution >= 0.6 is 0 Å². The van der Waals surface area contributed by atoms with Crippen LogP contribution in [0.15, 0.2) is 36.4 Å². The molecule has 1 saturated heterocycles. The van der Waals surface area contributed by atoms with E-state index in [4.69, 9.17) is 4.74 Å². The number of fused-ring (bicyclic) bond motifs is 3. The summed E-state index contributed by atoms with van der Waals surface area (Å²) in [5.41, 5.74) is 0.429. The Bertz CT molecular complexity index is 1710. The van der Waals surface area contributed by atoms with E-state index in [2.05, 4.69) is 25.3 Å². The van der Waals surface area contributed by atoms with Crippen LogP contribution in [0, 0.1) is 5.92 Å². The minimum atomic E-state index is -3.88. The quantitative estimate of drug-likeness (QED) is 0.318. The molecule has 0 spiro atoms. The molecule has 6 rings (SSSR count). The molecule has 0 radical (unpaired) electrons. The van der Waals surface area contributed by atoms with E-state index in [1.54, 1.807) is 6.07 Å². The minimum absolute atomic E-state index is 0.0353. The van der Waals surface area contributed by atoms with Crippen LogP contribution in [0.3, 0.4) is 0 Å². The van der Waals surface area contributed by atoms with Gasteiger partial charge in [0.15, 0.2) is 0 Å². The van der Waals surface area contributed by atoms with Crippen molar-refractivity contribution in [1.29, 1.82) is 0 Å². The van der Waals surface area contributed by atoms with Gasteiger partial charge >= 0.3 is 6.09 Å². The van der Waals surface area contributed by atoms with E-state index in [0.717, 1.165) is 12.8 Å². The standard InChI is InChI=1S/C32H40N6O8S/c1-2-22-28(34-24-12-9-8-11-23(24)33-22)46-20-16-26-27(39)36-32(30(41)37-47(44,45)21-14-15-21)17-19(32)10-6-4-3-5-7-13-25(35-31(42)43)29(40)38(26)18-20/h6,8-12,19-21,25-26,35H,2-5,7,13-18H2,1H3,(H,36,39)(H,37,41)(H,42,43)/b10-6-/t19-,20-,25+,26+,32-/m1/s1. The molecule has 252 valence electrons. The van der Waals surface area contributed by atoms with E-state index >= 15 is 0 Å². The zero-order chi connectivity index (χ0) is 33.3. The smallest absolute Gasteiger partial charge is 0.405 e. The number of carboxylic acid groups (broad SMARTS) is 1. The normalized spacial score (nSPS) is 29.0. The predicted octanol–water partition coefficient (Wildman–Crippen LogP) is 2.18. The van der Waals surface area contributed by atoms with Crippen molar-refractivity contribution in [2.24, 2.45) is 5.92 Å². The highest BCUT2D eigenvalue weighted by atomic mass is 32.2. The van der Waals surface area contributed by atoms with Crippen LogP contribution in [0.5, 0.6) is 5.88 Å². The van der Waals surface area contributed by atoms with Gasteiger partial charge in [-0.25, -0.2) is 23.2 Å². The summed E-state index contributed by atoms with van der Waals surface area (Å²) in [5, 5.41) is 14.1. The first kappa shape index (κ1) is 32.7. The van der Waals surface area contributed by atoms with Crippen LogP contribution in [0.1, 0.15) is 70.4 Å². The molecular formula is C32H40N6O8S. The van der Waals surface area contributed by atoms with Crippen molar-refractivity contribution in [1.82, 2.24) is 30.2 Å². The van der Waals surface area contributed by atoms with Crippen molar-refractivity contribution in [3.05, 3.63) is 42.1 Å². The maximum atomic E-state index is 14.1. The lowest BCUT2D eigenvalue weighted by atomic mass is 10.1. The summed E-state index contributed by atoms with van der Waals surface area (Å²) >= 11 is 0. The lowest BCUT2D eigenvalue weighted by Crippen LogP contribution is -2.58. The third-order valence-electron chi connectivity index (χ3n) is 9.36. The van der Waals surface area contributed by atoms with Gasteiger partial charge in [0.05, 0.1) is 22.8 Å². The van der Waals surface area contributed by atoms with Crippen molar-refractivity contribution in [2.75, 3.05) is 6.54 Å². The summed E-state index contributed by atoms with van der Waals surface area (Å²) in [6, 6.07) is 5.13. The zero-order valence-electron chi connectivity index (χ0n) is 26.2. The molecule has 2 aliphatic carbocycles. The predicted molar refractivity (Wildman–Crippen MR) is 170 cm³/mol. The van der Waals surface area contributed by atoms with Gasteiger partial charge < -0.3 is 25.4 Å². The molecule has 15 heteroatoms. The van der Waals surface area contributed by atoms with Gasteiger partial charge in [-0.05, 0) is 57.1 Å². The number of aryl methyl sites for hydroxylation is 1. The number of carbonyl (C=O) groups is 4. The molecule has 4 N–H and O–H groups in total. The molecule has 3 heterocycles. The van der Waals surface area contributed by atoms with Crippen LogP contribution in [0.25, 0.3) is 11.0 Å². The second kappa shape index (κ2) is 13.1. The van der Waals surface area contributed by atoms with Crippen molar-refractivity contribution in [3.8, 4) is 5.88 Å². The number of para-hydroxylation sites is 2.